The number of nitrogens with one attached hydrogen (secondary N) is 1. The summed E-state index contributed by atoms with van der Waals surface area (Å²) in [7, 11) is 0. The van der Waals surface area contributed by atoms with Gasteiger partial charge in [0.1, 0.15) is 10.0 Å². The maximum absolute atomic E-state index is 10.8. The van der Waals surface area contributed by atoms with Crippen molar-refractivity contribution in [3.63, 3.8) is 0 Å². The van der Waals surface area contributed by atoms with Gasteiger partial charge in [0.05, 0.1) is 5.88 Å². The van der Waals surface area contributed by atoms with E-state index in [-0.39, 0.29) is 5.56 Å². The van der Waals surface area contributed by atoms with Crippen molar-refractivity contribution >= 4 is 22.9 Å². The van der Waals surface area contributed by atoms with Crippen LogP contribution in [0.4, 0.5) is 0 Å². The van der Waals surface area contributed by atoms with Gasteiger partial charge in [-0.15, -0.1) is 21.8 Å². The van der Waals surface area contributed by atoms with Crippen LogP contribution in [0.1, 0.15) is 5.01 Å². The smallest absolute Gasteiger partial charge is 0.247 e. The Balaban J connectivity index is 2.39. The molecule has 2 heterocycles. The van der Waals surface area contributed by atoms with Gasteiger partial charge in [-0.3, -0.25) is 4.79 Å². The molecule has 0 radical (unpaired) electrons. The van der Waals surface area contributed by atoms with E-state index in [1.807, 2.05) is 0 Å². The Labute approximate surface area is 88.6 Å². The molecule has 0 aliphatic heterocycles. The third-order valence-corrected chi connectivity index (χ3v) is 3.00. The van der Waals surface area contributed by atoms with E-state index < -0.39 is 0 Å². The third kappa shape index (κ3) is 1.83. The van der Waals surface area contributed by atoms with Gasteiger partial charge in [-0.05, 0) is 6.07 Å². The quantitative estimate of drug-likeness (QED) is 0.794. The molecule has 0 unspecified atom stereocenters. The summed E-state index contributed by atoms with van der Waals surface area (Å²) in [5, 5.41) is 9.36. The highest BCUT2D eigenvalue weighted by Crippen LogP contribution is 2.22. The highest BCUT2D eigenvalue weighted by atomic mass is 35.5. The molecule has 2 aromatic rings. The number of hydrogen-bond donors (Lipinski definition) is 1. The average Bonchev–Trinajstić information content (AvgIpc) is 2.67. The van der Waals surface area contributed by atoms with Crippen molar-refractivity contribution in [1.29, 1.82) is 0 Å². The number of aromatic nitrogens is 3. The van der Waals surface area contributed by atoms with Gasteiger partial charge in [0, 0.05) is 17.8 Å². The van der Waals surface area contributed by atoms with Crippen molar-refractivity contribution in [2.75, 3.05) is 0 Å². The van der Waals surface area contributed by atoms with Crippen molar-refractivity contribution in [3.05, 3.63) is 33.7 Å². The van der Waals surface area contributed by atoms with Gasteiger partial charge < -0.3 is 4.98 Å². The van der Waals surface area contributed by atoms with Crippen molar-refractivity contribution in [3.8, 4) is 10.6 Å². The van der Waals surface area contributed by atoms with E-state index in [1.54, 1.807) is 12.3 Å². The molecule has 72 valence electrons. The SMILES string of the molecule is O=c1ccc(-c2nnc(CCl)s2)c[nH]1. The third-order valence-electron chi connectivity index (χ3n) is 1.61. The number of aromatic amines is 1. The Bertz CT molecular complexity index is 473. The molecule has 0 spiro atoms. The largest absolute Gasteiger partial charge is 0.328 e. The predicted octanol–water partition coefficient (Wildman–Crippen LogP) is 1.63. The Hall–Kier alpha value is -1.20. The number of rotatable bonds is 2. The van der Waals surface area contributed by atoms with Gasteiger partial charge in [-0.25, -0.2) is 0 Å². The lowest BCUT2D eigenvalue weighted by Gasteiger charge is -1.91. The number of halogens is 1. The predicted molar refractivity (Wildman–Crippen MR) is 55.5 cm³/mol. The maximum Gasteiger partial charge on any atom is 0.247 e. The normalized spacial score (nSPS) is 10.4. The lowest BCUT2D eigenvalue weighted by atomic mass is 10.3. The van der Waals surface area contributed by atoms with Crippen molar-refractivity contribution in [2.45, 2.75) is 5.88 Å². The first-order valence-electron chi connectivity index (χ1n) is 3.87. The van der Waals surface area contributed by atoms with Crippen LogP contribution in [0.5, 0.6) is 0 Å². The van der Waals surface area contributed by atoms with Crippen LogP contribution in [0, 0.1) is 0 Å². The molecule has 2 aromatic heterocycles. The van der Waals surface area contributed by atoms with Crippen molar-refractivity contribution in [1.82, 2.24) is 15.2 Å². The standard InChI is InChI=1S/C8H6ClN3OS/c9-3-7-11-12-8(14-7)5-1-2-6(13)10-4-5/h1-2,4H,3H2,(H,10,13). The Kier molecular flexibility index (Phi) is 2.60. The topological polar surface area (TPSA) is 58.6 Å². The fourth-order valence-electron chi connectivity index (χ4n) is 0.968. The van der Waals surface area contributed by atoms with Crippen LogP contribution in [0.3, 0.4) is 0 Å². The summed E-state index contributed by atoms with van der Waals surface area (Å²) in [6.45, 7) is 0. The Morgan fingerprint density at radius 1 is 1.43 bits per heavy atom. The molecule has 2 rings (SSSR count). The van der Waals surface area contributed by atoms with Gasteiger partial charge in [-0.1, -0.05) is 11.3 Å². The lowest BCUT2D eigenvalue weighted by Crippen LogP contribution is -2.01. The number of pyridine rings is 1. The zero-order valence-electron chi connectivity index (χ0n) is 7.03. The van der Waals surface area contributed by atoms with E-state index in [0.717, 1.165) is 15.6 Å². The van der Waals surface area contributed by atoms with Gasteiger partial charge in [0.15, 0.2) is 0 Å². The number of hydrogen-bond acceptors (Lipinski definition) is 4. The molecule has 0 atom stereocenters. The first-order valence-corrected chi connectivity index (χ1v) is 5.22. The van der Waals surface area contributed by atoms with Crippen LogP contribution in [0.15, 0.2) is 23.1 Å². The zero-order chi connectivity index (χ0) is 9.97. The van der Waals surface area contributed by atoms with E-state index >= 15 is 0 Å². The molecule has 1 N–H and O–H groups in total. The fraction of sp³-hybridized carbons (Fsp3) is 0.125. The molecule has 4 nitrogen and oxygen atoms in total. The maximum atomic E-state index is 10.8. The minimum absolute atomic E-state index is 0.129. The van der Waals surface area contributed by atoms with E-state index in [2.05, 4.69) is 15.2 Å². The number of H-pyrrole nitrogens is 1. The Morgan fingerprint density at radius 2 is 2.29 bits per heavy atom. The average molecular weight is 228 g/mol. The molecule has 0 saturated heterocycles. The van der Waals surface area contributed by atoms with E-state index in [0.29, 0.717) is 5.88 Å². The van der Waals surface area contributed by atoms with E-state index in [4.69, 9.17) is 11.6 Å². The summed E-state index contributed by atoms with van der Waals surface area (Å²) in [6, 6.07) is 3.16. The van der Waals surface area contributed by atoms with Gasteiger partial charge in [-0.2, -0.15) is 0 Å². The van der Waals surface area contributed by atoms with Crippen LogP contribution in [0.25, 0.3) is 10.6 Å². The molecule has 0 saturated carbocycles. The van der Waals surface area contributed by atoms with E-state index in [1.165, 1.54) is 17.4 Å². The monoisotopic (exact) mass is 227 g/mol. The molecular weight excluding hydrogens is 222 g/mol. The molecule has 0 aliphatic carbocycles. The minimum Gasteiger partial charge on any atom is -0.328 e. The molecule has 0 fully saturated rings. The summed E-state index contributed by atoms with van der Waals surface area (Å²) in [5.41, 5.74) is 0.717. The molecule has 14 heavy (non-hydrogen) atoms. The first-order chi connectivity index (χ1) is 6.79. The second kappa shape index (κ2) is 3.89. The van der Waals surface area contributed by atoms with Crippen LogP contribution >= 0.6 is 22.9 Å². The van der Waals surface area contributed by atoms with Crippen LogP contribution in [0.2, 0.25) is 0 Å². The zero-order valence-corrected chi connectivity index (χ0v) is 8.60. The van der Waals surface area contributed by atoms with Gasteiger partial charge in [0.25, 0.3) is 0 Å². The molecule has 6 heteroatoms. The highest BCUT2D eigenvalue weighted by molar-refractivity contribution is 7.14. The summed E-state index contributed by atoms with van der Waals surface area (Å²) in [5.74, 6) is 0.362. The summed E-state index contributed by atoms with van der Waals surface area (Å²) in [6.07, 6.45) is 1.61. The summed E-state index contributed by atoms with van der Waals surface area (Å²) in [4.78, 5) is 13.4. The molecule has 0 aromatic carbocycles. The van der Waals surface area contributed by atoms with Crippen molar-refractivity contribution < 1.29 is 0 Å². The summed E-state index contributed by atoms with van der Waals surface area (Å²) >= 11 is 7.02. The molecule has 0 amide bonds. The molecular formula is C8H6ClN3OS. The second-order valence-corrected chi connectivity index (χ2v) is 3.91. The fourth-order valence-corrected chi connectivity index (χ4v) is 1.87. The first kappa shape index (κ1) is 9.36. The van der Waals surface area contributed by atoms with Crippen LogP contribution in [-0.4, -0.2) is 15.2 Å². The summed E-state index contributed by atoms with van der Waals surface area (Å²) < 4.78 is 0. The lowest BCUT2D eigenvalue weighted by molar-refractivity contribution is 1.04. The van der Waals surface area contributed by atoms with Crippen LogP contribution < -0.4 is 5.56 Å². The Morgan fingerprint density at radius 3 is 2.86 bits per heavy atom. The molecule has 0 aliphatic rings. The number of nitrogens with zero attached hydrogens (tertiary/aromatic N) is 2. The highest BCUT2D eigenvalue weighted by Gasteiger charge is 2.05. The minimum atomic E-state index is -0.129. The van der Waals surface area contributed by atoms with Crippen LogP contribution in [-0.2, 0) is 5.88 Å². The van der Waals surface area contributed by atoms with Gasteiger partial charge >= 0.3 is 0 Å². The second-order valence-electron chi connectivity index (χ2n) is 2.58. The molecule has 0 bridgehead atoms. The van der Waals surface area contributed by atoms with E-state index in [9.17, 15) is 4.79 Å². The number of alkyl halides is 1. The van der Waals surface area contributed by atoms with Gasteiger partial charge in [0.2, 0.25) is 5.56 Å². The van der Waals surface area contributed by atoms with Crippen molar-refractivity contribution in [2.24, 2.45) is 0 Å².